The number of ether oxygens (including phenoxy) is 1. The number of imide groups is 1. The van der Waals surface area contributed by atoms with E-state index in [0.717, 1.165) is 42.5 Å². The summed E-state index contributed by atoms with van der Waals surface area (Å²) in [5.74, 6) is -1.75. The van der Waals surface area contributed by atoms with Crippen molar-refractivity contribution in [2.75, 3.05) is 16.3 Å². The van der Waals surface area contributed by atoms with Crippen LogP contribution in [-0.4, -0.2) is 30.2 Å². The molecule has 3 amide bonds. The number of esters is 1. The standard InChI is InChI=1S/C27H28N2O5/c1-16-10-11-23(17(2)12-16)28-15-18(13-24(28)30)27(33)34-20-7-5-6-19(14-20)29-25(31)21-8-3-4-9-22(21)26(29)32/h5-7,10-12,14,18,21-22H,3-4,8-9,13,15H2,1-2H3/t18-,21-,22+/m0/s1. The normalized spacial score (nSPS) is 24.5. The summed E-state index contributed by atoms with van der Waals surface area (Å²) in [6.45, 7) is 4.20. The first-order valence-electron chi connectivity index (χ1n) is 11.9. The Morgan fingerprint density at radius 1 is 0.941 bits per heavy atom. The molecule has 7 heteroatoms. The fourth-order valence-corrected chi connectivity index (χ4v) is 5.51. The van der Waals surface area contributed by atoms with Crippen LogP contribution in [0.2, 0.25) is 0 Å². The second-order valence-electron chi connectivity index (χ2n) is 9.62. The van der Waals surface area contributed by atoms with Crippen molar-refractivity contribution in [2.45, 2.75) is 46.0 Å². The van der Waals surface area contributed by atoms with Crippen LogP contribution in [0.4, 0.5) is 11.4 Å². The number of hydrogen-bond acceptors (Lipinski definition) is 5. The Morgan fingerprint density at radius 3 is 2.32 bits per heavy atom. The average Bonchev–Trinajstić information content (AvgIpc) is 3.32. The maximum absolute atomic E-state index is 12.9. The molecule has 0 aromatic heterocycles. The molecule has 2 saturated heterocycles. The van der Waals surface area contributed by atoms with Crippen molar-refractivity contribution in [1.29, 1.82) is 0 Å². The summed E-state index contributed by atoms with van der Waals surface area (Å²) in [7, 11) is 0. The molecule has 34 heavy (non-hydrogen) atoms. The number of aryl methyl sites for hydroxylation is 2. The molecule has 1 aliphatic carbocycles. The Kier molecular flexibility index (Phi) is 5.71. The number of anilines is 2. The largest absolute Gasteiger partial charge is 0.426 e. The molecule has 1 saturated carbocycles. The first-order chi connectivity index (χ1) is 16.3. The molecular formula is C27H28N2O5. The Labute approximate surface area is 198 Å². The van der Waals surface area contributed by atoms with E-state index in [0.29, 0.717) is 5.69 Å². The number of rotatable bonds is 4. The van der Waals surface area contributed by atoms with Crippen LogP contribution in [-0.2, 0) is 19.2 Å². The minimum Gasteiger partial charge on any atom is -0.426 e. The fraction of sp³-hybridized carbons (Fsp3) is 0.407. The van der Waals surface area contributed by atoms with Crippen molar-refractivity contribution in [3.05, 3.63) is 53.6 Å². The van der Waals surface area contributed by atoms with Crippen LogP contribution in [0.1, 0.15) is 43.2 Å². The first-order valence-corrected chi connectivity index (χ1v) is 11.9. The average molecular weight is 461 g/mol. The summed E-state index contributed by atoms with van der Waals surface area (Å²) >= 11 is 0. The number of nitrogens with zero attached hydrogens (tertiary/aromatic N) is 2. The molecule has 0 unspecified atom stereocenters. The Bertz CT molecular complexity index is 1170. The zero-order chi connectivity index (χ0) is 24.0. The van der Waals surface area contributed by atoms with Crippen LogP contribution in [0.15, 0.2) is 42.5 Å². The van der Waals surface area contributed by atoms with Crippen molar-refractivity contribution in [3.8, 4) is 5.75 Å². The summed E-state index contributed by atoms with van der Waals surface area (Å²) in [5, 5.41) is 0. The van der Waals surface area contributed by atoms with Gasteiger partial charge in [0, 0.05) is 24.7 Å². The van der Waals surface area contributed by atoms with E-state index in [4.69, 9.17) is 4.74 Å². The first kappa shape index (κ1) is 22.3. The molecular weight excluding hydrogens is 432 g/mol. The van der Waals surface area contributed by atoms with Gasteiger partial charge >= 0.3 is 5.97 Å². The van der Waals surface area contributed by atoms with Crippen LogP contribution in [0, 0.1) is 31.6 Å². The van der Waals surface area contributed by atoms with Gasteiger partial charge in [-0.2, -0.15) is 0 Å². The highest BCUT2D eigenvalue weighted by Crippen LogP contribution is 2.40. The SMILES string of the molecule is Cc1ccc(N2C[C@@H](C(=O)Oc3cccc(N4C(=O)[C@H]5CCCC[C@H]5C4=O)c3)CC2=O)c(C)c1. The molecule has 2 aromatic rings. The third-order valence-corrected chi connectivity index (χ3v) is 7.24. The Hall–Kier alpha value is -3.48. The second kappa shape index (κ2) is 8.70. The predicted molar refractivity (Wildman–Crippen MR) is 126 cm³/mol. The van der Waals surface area contributed by atoms with Gasteiger partial charge in [0.25, 0.3) is 0 Å². The minimum atomic E-state index is -0.588. The van der Waals surface area contributed by atoms with E-state index < -0.39 is 11.9 Å². The third-order valence-electron chi connectivity index (χ3n) is 7.24. The number of carbonyl (C=O) groups is 4. The molecule has 0 radical (unpaired) electrons. The van der Waals surface area contributed by atoms with Crippen molar-refractivity contribution in [2.24, 2.45) is 17.8 Å². The highest BCUT2D eigenvalue weighted by Gasteiger charge is 2.48. The van der Waals surface area contributed by atoms with Crippen LogP contribution < -0.4 is 14.5 Å². The molecule has 0 bridgehead atoms. The van der Waals surface area contributed by atoms with Gasteiger partial charge < -0.3 is 9.64 Å². The van der Waals surface area contributed by atoms with Gasteiger partial charge in [0.2, 0.25) is 17.7 Å². The van der Waals surface area contributed by atoms with Gasteiger partial charge in [-0.05, 0) is 50.5 Å². The van der Waals surface area contributed by atoms with Crippen molar-refractivity contribution >= 4 is 35.1 Å². The number of amides is 3. The van der Waals surface area contributed by atoms with E-state index in [9.17, 15) is 19.2 Å². The summed E-state index contributed by atoms with van der Waals surface area (Å²) in [6, 6.07) is 12.4. The van der Waals surface area contributed by atoms with Gasteiger partial charge in [0.05, 0.1) is 23.4 Å². The predicted octanol–water partition coefficient (Wildman–Crippen LogP) is 3.94. The number of fused-ring (bicyclic) bond motifs is 1. The highest BCUT2D eigenvalue weighted by atomic mass is 16.5. The van der Waals surface area contributed by atoms with Gasteiger partial charge in [-0.3, -0.25) is 19.2 Å². The van der Waals surface area contributed by atoms with Gasteiger partial charge in [0.15, 0.2) is 0 Å². The minimum absolute atomic E-state index is 0.0816. The second-order valence-corrected chi connectivity index (χ2v) is 9.62. The number of benzene rings is 2. The molecule has 0 N–H and O–H groups in total. The molecule has 2 aliphatic heterocycles. The van der Waals surface area contributed by atoms with Crippen LogP contribution in [0.5, 0.6) is 5.75 Å². The quantitative estimate of drug-likeness (QED) is 0.392. The third kappa shape index (κ3) is 3.89. The number of hydrogen-bond donors (Lipinski definition) is 0. The molecule has 0 spiro atoms. The Morgan fingerprint density at radius 2 is 1.65 bits per heavy atom. The zero-order valence-electron chi connectivity index (χ0n) is 19.5. The van der Waals surface area contributed by atoms with Crippen LogP contribution in [0.25, 0.3) is 0 Å². The van der Waals surface area contributed by atoms with Gasteiger partial charge in [0.1, 0.15) is 5.75 Å². The molecule has 5 rings (SSSR count). The van der Waals surface area contributed by atoms with E-state index in [-0.39, 0.29) is 48.3 Å². The lowest BCUT2D eigenvalue weighted by molar-refractivity contribution is -0.139. The monoisotopic (exact) mass is 460 g/mol. The molecule has 3 fully saturated rings. The molecule has 2 heterocycles. The van der Waals surface area contributed by atoms with E-state index in [1.807, 2.05) is 32.0 Å². The van der Waals surface area contributed by atoms with Crippen molar-refractivity contribution < 1.29 is 23.9 Å². The molecule has 3 aliphatic rings. The van der Waals surface area contributed by atoms with Crippen molar-refractivity contribution in [3.63, 3.8) is 0 Å². The maximum atomic E-state index is 12.9. The lowest BCUT2D eigenvalue weighted by Crippen LogP contribution is -2.31. The smallest absolute Gasteiger partial charge is 0.316 e. The van der Waals surface area contributed by atoms with Gasteiger partial charge in [-0.15, -0.1) is 0 Å². The lowest BCUT2D eigenvalue weighted by Gasteiger charge is -2.19. The molecule has 2 aromatic carbocycles. The summed E-state index contributed by atoms with van der Waals surface area (Å²) in [5.41, 5.74) is 3.32. The summed E-state index contributed by atoms with van der Waals surface area (Å²) in [4.78, 5) is 54.2. The molecule has 176 valence electrons. The van der Waals surface area contributed by atoms with Gasteiger partial charge in [-0.1, -0.05) is 36.6 Å². The lowest BCUT2D eigenvalue weighted by atomic mass is 9.81. The van der Waals surface area contributed by atoms with Crippen molar-refractivity contribution in [1.82, 2.24) is 0 Å². The summed E-state index contributed by atoms with van der Waals surface area (Å²) < 4.78 is 5.60. The fourth-order valence-electron chi connectivity index (χ4n) is 5.51. The van der Waals surface area contributed by atoms with Crippen LogP contribution in [0.3, 0.4) is 0 Å². The number of carbonyl (C=O) groups excluding carboxylic acids is 4. The van der Waals surface area contributed by atoms with E-state index in [2.05, 4.69) is 0 Å². The zero-order valence-corrected chi connectivity index (χ0v) is 19.5. The summed E-state index contributed by atoms with van der Waals surface area (Å²) in [6.07, 6.45) is 3.49. The van der Waals surface area contributed by atoms with Crippen LogP contribution >= 0.6 is 0 Å². The van der Waals surface area contributed by atoms with E-state index in [1.165, 1.54) is 4.90 Å². The van der Waals surface area contributed by atoms with Gasteiger partial charge in [-0.25, -0.2) is 4.90 Å². The molecule has 7 nitrogen and oxygen atoms in total. The molecule has 3 atom stereocenters. The Balaban J connectivity index is 1.30. The van der Waals surface area contributed by atoms with E-state index >= 15 is 0 Å². The topological polar surface area (TPSA) is 84.0 Å². The highest BCUT2D eigenvalue weighted by molar-refractivity contribution is 6.22. The van der Waals surface area contributed by atoms with E-state index in [1.54, 1.807) is 29.2 Å². The maximum Gasteiger partial charge on any atom is 0.316 e.